The number of hydrogen-bond acceptors (Lipinski definition) is 7. The maximum absolute atomic E-state index is 11.1. The van der Waals surface area contributed by atoms with Gasteiger partial charge in [-0.15, -0.1) is 0 Å². The lowest BCUT2D eigenvalue weighted by Crippen LogP contribution is -2.42. The van der Waals surface area contributed by atoms with Crippen LogP contribution in [0.15, 0.2) is 36.7 Å². The molecule has 0 amide bonds. The third-order valence-corrected chi connectivity index (χ3v) is 6.46. The second-order valence-corrected chi connectivity index (χ2v) is 12.6. The Kier molecular flexibility index (Phi) is 13.0. The molecule has 1 heterocycles. The van der Waals surface area contributed by atoms with Crippen LogP contribution in [0.2, 0.25) is 0 Å². The van der Waals surface area contributed by atoms with E-state index in [4.69, 9.17) is 9.47 Å². The molecular formula is C31H51N3O4. The van der Waals surface area contributed by atoms with Gasteiger partial charge in [0, 0.05) is 45.9 Å². The Bertz CT molecular complexity index is 841. The maximum Gasteiger partial charge on any atom is 0.182 e. The molecule has 1 saturated heterocycles. The summed E-state index contributed by atoms with van der Waals surface area (Å²) in [5, 5.41) is 0. The fourth-order valence-electron chi connectivity index (χ4n) is 4.66. The second kappa shape index (κ2) is 15.4. The lowest BCUT2D eigenvalue weighted by Gasteiger charge is -2.37. The van der Waals surface area contributed by atoms with Crippen molar-refractivity contribution in [1.29, 1.82) is 0 Å². The van der Waals surface area contributed by atoms with E-state index in [0.29, 0.717) is 12.4 Å². The lowest BCUT2D eigenvalue weighted by molar-refractivity contribution is -0.111. The van der Waals surface area contributed by atoms with Crippen molar-refractivity contribution in [3.8, 4) is 0 Å². The highest BCUT2D eigenvalue weighted by atomic mass is 16.5. The number of nitrogens with zero attached hydrogens (tertiary/aromatic N) is 3. The zero-order chi connectivity index (χ0) is 28.2. The Morgan fingerprint density at radius 1 is 0.947 bits per heavy atom. The Labute approximate surface area is 231 Å². The summed E-state index contributed by atoms with van der Waals surface area (Å²) in [4.78, 5) is 28.7. The van der Waals surface area contributed by atoms with Crippen LogP contribution >= 0.6 is 0 Å². The summed E-state index contributed by atoms with van der Waals surface area (Å²) in [6, 6.07) is 8.78. The van der Waals surface area contributed by atoms with Crippen LogP contribution in [0.25, 0.3) is 0 Å². The molecule has 0 N–H and O–H groups in total. The Balaban J connectivity index is 2.14. The molecule has 0 aliphatic carbocycles. The van der Waals surface area contributed by atoms with Crippen molar-refractivity contribution >= 4 is 12.6 Å². The summed E-state index contributed by atoms with van der Waals surface area (Å²) in [6.45, 7) is 22.9. The normalized spacial score (nSPS) is 16.5. The molecule has 1 aromatic carbocycles. The SMILES string of the molecule is C=C(OC(C)(C)C)N(CCN(CCN(CC=O)CC=O)Cc1ccc(C2CCCCO2)cc1)CC(C)(C)C. The zero-order valence-corrected chi connectivity index (χ0v) is 24.7. The van der Waals surface area contributed by atoms with Gasteiger partial charge in [0.25, 0.3) is 0 Å². The molecular weight excluding hydrogens is 478 g/mol. The van der Waals surface area contributed by atoms with Crippen molar-refractivity contribution < 1.29 is 19.1 Å². The van der Waals surface area contributed by atoms with Gasteiger partial charge < -0.3 is 24.0 Å². The highest BCUT2D eigenvalue weighted by Crippen LogP contribution is 2.28. The van der Waals surface area contributed by atoms with Crippen molar-refractivity contribution in [2.75, 3.05) is 52.4 Å². The molecule has 1 aromatic rings. The molecule has 0 spiro atoms. The van der Waals surface area contributed by atoms with Crippen molar-refractivity contribution in [1.82, 2.24) is 14.7 Å². The number of ether oxygens (including phenoxy) is 2. The van der Waals surface area contributed by atoms with Crippen LogP contribution in [0.5, 0.6) is 0 Å². The average Bonchev–Trinajstić information content (AvgIpc) is 2.84. The molecule has 0 radical (unpaired) electrons. The molecule has 0 saturated carbocycles. The van der Waals surface area contributed by atoms with Crippen LogP contribution in [0.4, 0.5) is 0 Å². The molecule has 7 heteroatoms. The maximum atomic E-state index is 11.1. The molecule has 7 nitrogen and oxygen atoms in total. The number of carbonyl (C=O) groups excluding carboxylic acids is 2. The summed E-state index contributed by atoms with van der Waals surface area (Å²) in [7, 11) is 0. The van der Waals surface area contributed by atoms with Crippen molar-refractivity contribution in [3.63, 3.8) is 0 Å². The molecule has 1 aliphatic rings. The van der Waals surface area contributed by atoms with Gasteiger partial charge in [-0.2, -0.15) is 0 Å². The number of aldehydes is 2. The number of benzene rings is 1. The first-order chi connectivity index (χ1) is 17.9. The van der Waals surface area contributed by atoms with Gasteiger partial charge in [-0.05, 0) is 63.2 Å². The van der Waals surface area contributed by atoms with Gasteiger partial charge in [0.05, 0.1) is 19.2 Å². The Morgan fingerprint density at radius 2 is 1.55 bits per heavy atom. The molecule has 1 aliphatic heterocycles. The van der Waals surface area contributed by atoms with Crippen molar-refractivity contribution in [3.05, 3.63) is 47.9 Å². The molecule has 1 unspecified atom stereocenters. The summed E-state index contributed by atoms with van der Waals surface area (Å²) in [5.74, 6) is 0.688. The van der Waals surface area contributed by atoms with E-state index in [1.54, 1.807) is 0 Å². The van der Waals surface area contributed by atoms with E-state index in [0.717, 1.165) is 64.7 Å². The molecule has 38 heavy (non-hydrogen) atoms. The minimum absolute atomic E-state index is 0.0801. The van der Waals surface area contributed by atoms with E-state index < -0.39 is 0 Å². The van der Waals surface area contributed by atoms with Crippen LogP contribution in [0.3, 0.4) is 0 Å². The molecule has 0 bridgehead atoms. The van der Waals surface area contributed by atoms with Crippen LogP contribution in [-0.4, -0.2) is 85.3 Å². The molecule has 1 atom stereocenters. The van der Waals surface area contributed by atoms with Crippen molar-refractivity contribution in [2.45, 2.75) is 79.1 Å². The predicted molar refractivity (Wildman–Crippen MR) is 154 cm³/mol. The van der Waals surface area contributed by atoms with E-state index in [2.05, 4.69) is 61.4 Å². The molecule has 0 aromatic heterocycles. The average molecular weight is 530 g/mol. The number of rotatable bonds is 16. The third kappa shape index (κ3) is 12.5. The van der Waals surface area contributed by atoms with E-state index in [1.807, 2.05) is 25.7 Å². The first-order valence-corrected chi connectivity index (χ1v) is 14.1. The quantitative estimate of drug-likeness (QED) is 0.219. The molecule has 214 valence electrons. The van der Waals surface area contributed by atoms with Gasteiger partial charge in [0.15, 0.2) is 5.88 Å². The van der Waals surface area contributed by atoms with Crippen molar-refractivity contribution in [2.24, 2.45) is 5.41 Å². The van der Waals surface area contributed by atoms with Crippen LogP contribution in [0.1, 0.15) is 78.0 Å². The van der Waals surface area contributed by atoms with E-state index in [9.17, 15) is 9.59 Å². The highest BCUT2D eigenvalue weighted by Gasteiger charge is 2.23. The predicted octanol–water partition coefficient (Wildman–Crippen LogP) is 5.06. The van der Waals surface area contributed by atoms with Crippen LogP contribution < -0.4 is 0 Å². The zero-order valence-electron chi connectivity index (χ0n) is 24.7. The van der Waals surface area contributed by atoms with Gasteiger partial charge in [0.2, 0.25) is 0 Å². The molecule has 2 rings (SSSR count). The van der Waals surface area contributed by atoms with Gasteiger partial charge in [-0.1, -0.05) is 45.0 Å². The van der Waals surface area contributed by atoms with E-state index >= 15 is 0 Å². The van der Waals surface area contributed by atoms with E-state index in [1.165, 1.54) is 17.5 Å². The third-order valence-electron chi connectivity index (χ3n) is 6.46. The minimum atomic E-state index is -0.319. The smallest absolute Gasteiger partial charge is 0.182 e. The second-order valence-electron chi connectivity index (χ2n) is 12.6. The first kappa shape index (κ1) is 32.0. The summed E-state index contributed by atoms with van der Waals surface area (Å²) < 4.78 is 12.1. The summed E-state index contributed by atoms with van der Waals surface area (Å²) in [5.41, 5.74) is 2.24. The standard InChI is InChI=1S/C31H51N3O4/c1-26(38-31(5,6)7)34(25-30(2,3)4)18-17-33(16-15-32(19-21-35)20-22-36)24-27-11-13-28(14-12-27)29-10-8-9-23-37-29/h11-14,21-22,29H,1,8-10,15-20,23-25H2,2-7H3. The van der Waals surface area contributed by atoms with Gasteiger partial charge in [0.1, 0.15) is 18.2 Å². The lowest BCUT2D eigenvalue weighted by atomic mass is 9.96. The largest absolute Gasteiger partial charge is 0.474 e. The highest BCUT2D eigenvalue weighted by molar-refractivity contribution is 5.56. The van der Waals surface area contributed by atoms with E-state index in [-0.39, 0.29) is 30.2 Å². The molecule has 1 fully saturated rings. The fraction of sp³-hybridized carbons (Fsp3) is 0.677. The fourth-order valence-corrected chi connectivity index (χ4v) is 4.66. The van der Waals surface area contributed by atoms with Gasteiger partial charge >= 0.3 is 0 Å². The number of hydrogen-bond donors (Lipinski definition) is 0. The van der Waals surface area contributed by atoms with Crippen LogP contribution in [-0.2, 0) is 25.6 Å². The van der Waals surface area contributed by atoms with Crippen LogP contribution in [0, 0.1) is 5.41 Å². The Morgan fingerprint density at radius 3 is 2.08 bits per heavy atom. The monoisotopic (exact) mass is 529 g/mol. The summed E-state index contributed by atoms with van der Waals surface area (Å²) >= 11 is 0. The Hall–Kier alpha value is -2.22. The first-order valence-electron chi connectivity index (χ1n) is 14.1. The summed E-state index contributed by atoms with van der Waals surface area (Å²) in [6.07, 6.45) is 5.37. The van der Waals surface area contributed by atoms with Gasteiger partial charge in [-0.3, -0.25) is 9.80 Å². The topological polar surface area (TPSA) is 62.3 Å². The number of carbonyl (C=O) groups is 2. The minimum Gasteiger partial charge on any atom is -0.474 e. The van der Waals surface area contributed by atoms with Gasteiger partial charge in [-0.25, -0.2) is 0 Å².